The molecule has 2 aromatic rings. The molecule has 0 saturated carbocycles. The van der Waals surface area contributed by atoms with Crippen LogP contribution in [0.1, 0.15) is 22.3 Å². The summed E-state index contributed by atoms with van der Waals surface area (Å²) in [5.74, 6) is -1.03. The first-order valence-electron chi connectivity index (χ1n) is 6.84. The Hall–Kier alpha value is -2.69. The topological polar surface area (TPSA) is 81.6 Å². The third-order valence-electron chi connectivity index (χ3n) is 3.55. The van der Waals surface area contributed by atoms with Crippen LogP contribution in [0.4, 0.5) is 11.4 Å². The Bertz CT molecular complexity index is 678. The molecule has 3 rings (SSSR count). The van der Waals surface area contributed by atoms with E-state index in [0.29, 0.717) is 5.69 Å². The lowest BCUT2D eigenvalue weighted by Crippen LogP contribution is -2.15. The van der Waals surface area contributed by atoms with Crippen LogP contribution in [0.5, 0.6) is 11.5 Å². The summed E-state index contributed by atoms with van der Waals surface area (Å²) in [6.45, 7) is 0.921. The van der Waals surface area contributed by atoms with Crippen LogP contribution >= 0.6 is 0 Å². The fourth-order valence-electron chi connectivity index (χ4n) is 2.49. The molecule has 1 amide bonds. The first-order valence-corrected chi connectivity index (χ1v) is 6.84. The summed E-state index contributed by atoms with van der Waals surface area (Å²) in [5.41, 5.74) is 2.74. The van der Waals surface area contributed by atoms with Crippen molar-refractivity contribution in [3.05, 3.63) is 47.5 Å². The van der Waals surface area contributed by atoms with E-state index in [9.17, 15) is 15.0 Å². The normalized spacial score (nSPS) is 13.1. The monoisotopic (exact) mass is 284 g/mol. The average molecular weight is 284 g/mol. The lowest BCUT2D eigenvalue weighted by molar-refractivity contribution is 0.102. The number of hydrogen-bond donors (Lipinski definition) is 4. The van der Waals surface area contributed by atoms with E-state index < -0.39 is 5.91 Å². The zero-order valence-corrected chi connectivity index (χ0v) is 11.4. The minimum Gasteiger partial charge on any atom is -0.507 e. The van der Waals surface area contributed by atoms with Gasteiger partial charge in [-0.05, 0) is 42.7 Å². The summed E-state index contributed by atoms with van der Waals surface area (Å²) >= 11 is 0. The number of fused-ring (bicyclic) bond motifs is 1. The van der Waals surface area contributed by atoms with Gasteiger partial charge in [-0.15, -0.1) is 0 Å². The van der Waals surface area contributed by atoms with Crippen molar-refractivity contribution in [2.24, 2.45) is 0 Å². The molecule has 0 aliphatic carbocycles. The summed E-state index contributed by atoms with van der Waals surface area (Å²) in [4.78, 5) is 12.2. The zero-order chi connectivity index (χ0) is 14.8. The molecule has 0 fully saturated rings. The lowest BCUT2D eigenvalue weighted by atomic mass is 10.0. The molecule has 5 heteroatoms. The molecule has 0 radical (unpaired) electrons. The number of hydrogen-bond acceptors (Lipinski definition) is 4. The fourth-order valence-corrected chi connectivity index (χ4v) is 2.49. The van der Waals surface area contributed by atoms with E-state index in [1.165, 1.54) is 23.8 Å². The number of phenols is 2. The van der Waals surface area contributed by atoms with E-state index in [-0.39, 0.29) is 17.1 Å². The highest BCUT2D eigenvalue weighted by Crippen LogP contribution is 2.29. The minimum atomic E-state index is -0.540. The maximum Gasteiger partial charge on any atom is 0.263 e. The molecule has 0 bridgehead atoms. The summed E-state index contributed by atoms with van der Waals surface area (Å²) in [5, 5.41) is 25.4. The first-order chi connectivity index (χ1) is 10.1. The largest absolute Gasteiger partial charge is 0.507 e. The molecular weight excluding hydrogens is 268 g/mol. The number of phenolic OH excluding ortho intramolecular Hbond substituents is 2. The molecular formula is C16H16N2O3. The number of carbonyl (C=O) groups is 1. The molecule has 108 valence electrons. The second kappa shape index (κ2) is 5.36. The maximum atomic E-state index is 12.2. The standard InChI is InChI=1S/C16H16N2O3/c19-13-4-1-5-14(20)15(13)16(21)18-11-7-6-10-3-2-8-17-12(10)9-11/h1,4-7,9,17,19-20H,2-3,8H2,(H,18,21). The smallest absolute Gasteiger partial charge is 0.263 e. The van der Waals surface area contributed by atoms with Gasteiger partial charge in [0, 0.05) is 17.9 Å². The molecule has 0 unspecified atom stereocenters. The van der Waals surface area contributed by atoms with Crippen molar-refractivity contribution < 1.29 is 15.0 Å². The van der Waals surface area contributed by atoms with Crippen LogP contribution in [0.25, 0.3) is 0 Å². The maximum absolute atomic E-state index is 12.2. The molecule has 1 heterocycles. The van der Waals surface area contributed by atoms with Gasteiger partial charge in [-0.3, -0.25) is 4.79 Å². The van der Waals surface area contributed by atoms with Crippen LogP contribution in [-0.2, 0) is 6.42 Å². The van der Waals surface area contributed by atoms with Crippen molar-refractivity contribution >= 4 is 17.3 Å². The van der Waals surface area contributed by atoms with Crippen molar-refractivity contribution in [2.45, 2.75) is 12.8 Å². The molecule has 4 N–H and O–H groups in total. The van der Waals surface area contributed by atoms with E-state index in [1.54, 1.807) is 0 Å². The number of rotatable bonds is 2. The van der Waals surface area contributed by atoms with E-state index >= 15 is 0 Å². The number of amides is 1. The summed E-state index contributed by atoms with van der Waals surface area (Å²) in [6, 6.07) is 9.86. The molecule has 1 aliphatic heterocycles. The zero-order valence-electron chi connectivity index (χ0n) is 11.4. The third kappa shape index (κ3) is 2.63. The number of aromatic hydroxyl groups is 2. The van der Waals surface area contributed by atoms with Gasteiger partial charge in [-0.2, -0.15) is 0 Å². The Balaban J connectivity index is 1.85. The van der Waals surface area contributed by atoms with E-state index in [4.69, 9.17) is 0 Å². The second-order valence-electron chi connectivity index (χ2n) is 5.03. The number of nitrogens with one attached hydrogen (secondary N) is 2. The van der Waals surface area contributed by atoms with Crippen LogP contribution in [-0.4, -0.2) is 22.7 Å². The Morgan fingerprint density at radius 2 is 1.90 bits per heavy atom. The van der Waals surface area contributed by atoms with Crippen LogP contribution < -0.4 is 10.6 Å². The fraction of sp³-hybridized carbons (Fsp3) is 0.188. The van der Waals surface area contributed by atoms with Gasteiger partial charge in [-0.25, -0.2) is 0 Å². The number of anilines is 2. The average Bonchev–Trinajstić information content (AvgIpc) is 2.47. The second-order valence-corrected chi connectivity index (χ2v) is 5.03. The van der Waals surface area contributed by atoms with Gasteiger partial charge in [-0.1, -0.05) is 12.1 Å². The molecule has 2 aromatic carbocycles. The van der Waals surface area contributed by atoms with Crippen LogP contribution in [0.3, 0.4) is 0 Å². The van der Waals surface area contributed by atoms with Gasteiger partial charge in [0.1, 0.15) is 17.1 Å². The van der Waals surface area contributed by atoms with Gasteiger partial charge in [0.15, 0.2) is 0 Å². The van der Waals surface area contributed by atoms with Gasteiger partial charge < -0.3 is 20.8 Å². The van der Waals surface area contributed by atoms with Crippen LogP contribution in [0, 0.1) is 0 Å². The summed E-state index contributed by atoms with van der Waals surface area (Å²) in [7, 11) is 0. The molecule has 1 aliphatic rings. The Morgan fingerprint density at radius 3 is 2.67 bits per heavy atom. The number of carbonyl (C=O) groups excluding carboxylic acids is 1. The van der Waals surface area contributed by atoms with Gasteiger partial charge in [0.2, 0.25) is 0 Å². The van der Waals surface area contributed by atoms with Gasteiger partial charge >= 0.3 is 0 Å². The van der Waals surface area contributed by atoms with Crippen LogP contribution in [0.2, 0.25) is 0 Å². The predicted octanol–water partition coefficient (Wildman–Crippen LogP) is 2.71. The summed E-state index contributed by atoms with van der Waals surface area (Å²) < 4.78 is 0. The van der Waals surface area contributed by atoms with Crippen molar-refractivity contribution in [1.82, 2.24) is 0 Å². The predicted molar refractivity (Wildman–Crippen MR) is 81.0 cm³/mol. The molecule has 21 heavy (non-hydrogen) atoms. The van der Waals surface area contributed by atoms with E-state index in [1.807, 2.05) is 18.2 Å². The summed E-state index contributed by atoms with van der Waals surface area (Å²) in [6.07, 6.45) is 2.13. The first kappa shape index (κ1) is 13.3. The van der Waals surface area contributed by atoms with Crippen LogP contribution in [0.15, 0.2) is 36.4 Å². The molecule has 0 saturated heterocycles. The van der Waals surface area contributed by atoms with E-state index in [0.717, 1.165) is 25.1 Å². The third-order valence-corrected chi connectivity index (χ3v) is 3.55. The van der Waals surface area contributed by atoms with Crippen molar-refractivity contribution in [1.29, 1.82) is 0 Å². The minimum absolute atomic E-state index is 0.122. The Morgan fingerprint density at radius 1 is 1.14 bits per heavy atom. The molecule has 0 aromatic heterocycles. The van der Waals surface area contributed by atoms with E-state index in [2.05, 4.69) is 10.6 Å². The Kier molecular flexibility index (Phi) is 3.39. The molecule has 0 spiro atoms. The van der Waals surface area contributed by atoms with Gasteiger partial charge in [0.25, 0.3) is 5.91 Å². The van der Waals surface area contributed by atoms with Crippen molar-refractivity contribution in [2.75, 3.05) is 17.2 Å². The molecule has 0 atom stereocenters. The number of aryl methyl sites for hydroxylation is 1. The highest BCUT2D eigenvalue weighted by atomic mass is 16.3. The highest BCUT2D eigenvalue weighted by molar-refractivity contribution is 6.08. The van der Waals surface area contributed by atoms with Gasteiger partial charge in [0.05, 0.1) is 0 Å². The lowest BCUT2D eigenvalue weighted by Gasteiger charge is -2.19. The molecule has 5 nitrogen and oxygen atoms in total. The number of benzene rings is 2. The van der Waals surface area contributed by atoms with Crippen molar-refractivity contribution in [3.8, 4) is 11.5 Å². The SMILES string of the molecule is O=C(Nc1ccc2c(c1)NCCC2)c1c(O)cccc1O. The van der Waals surface area contributed by atoms with Crippen molar-refractivity contribution in [3.63, 3.8) is 0 Å². The quantitative estimate of drug-likeness (QED) is 0.683. The Labute approximate surface area is 122 Å². The highest BCUT2D eigenvalue weighted by Gasteiger charge is 2.17.